The van der Waals surface area contributed by atoms with Gasteiger partial charge in [-0.15, -0.1) is 0 Å². The second-order valence-electron chi connectivity index (χ2n) is 11.4. The quantitative estimate of drug-likeness (QED) is 0.278. The standard InChI is InChI=1S/C33H40F3N5O3/c1-37-32(42)22-9-14-29(31(18-22)44-3)38-16-5-6-25-19-27-28(7-4-8-30(27)41(25)21-33(34,35)36)39-23-10-12-24(13-11-23)40-17-15-26(20-40)43-2/h4,7-9,14,18-19,23-24,26,38-39H,10-13,15-17,20-21H2,1-3H3,(H,37,42)/t23-,24-,26?. The monoisotopic (exact) mass is 611 g/mol. The van der Waals surface area contributed by atoms with Crippen molar-refractivity contribution >= 4 is 28.2 Å². The summed E-state index contributed by atoms with van der Waals surface area (Å²) in [6.07, 6.45) is 1.17. The topological polar surface area (TPSA) is 79.8 Å². The summed E-state index contributed by atoms with van der Waals surface area (Å²) in [6, 6.07) is 13.0. The van der Waals surface area contributed by atoms with E-state index in [1.54, 1.807) is 50.6 Å². The highest BCUT2D eigenvalue weighted by Crippen LogP contribution is 2.33. The summed E-state index contributed by atoms with van der Waals surface area (Å²) in [4.78, 5) is 14.5. The molecule has 1 unspecified atom stereocenters. The number of aromatic nitrogens is 1. The average Bonchev–Trinajstić information content (AvgIpc) is 3.64. The summed E-state index contributed by atoms with van der Waals surface area (Å²) in [5, 5.41) is 10.1. The van der Waals surface area contributed by atoms with Gasteiger partial charge in [0.1, 0.15) is 12.3 Å². The van der Waals surface area contributed by atoms with Crippen LogP contribution in [0.3, 0.4) is 0 Å². The Hall–Kier alpha value is -3.88. The van der Waals surface area contributed by atoms with Gasteiger partial charge >= 0.3 is 6.18 Å². The number of rotatable bonds is 9. The Bertz CT molecular complexity index is 1520. The Labute approximate surface area is 256 Å². The van der Waals surface area contributed by atoms with Crippen molar-refractivity contribution in [2.24, 2.45) is 0 Å². The van der Waals surface area contributed by atoms with Crippen molar-refractivity contribution in [2.75, 3.05) is 51.5 Å². The molecule has 1 aromatic heterocycles. The predicted octanol–water partition coefficient (Wildman–Crippen LogP) is 5.48. The first-order valence-electron chi connectivity index (χ1n) is 15.0. The molecule has 0 radical (unpaired) electrons. The molecule has 2 heterocycles. The van der Waals surface area contributed by atoms with Crippen molar-refractivity contribution in [3.05, 3.63) is 53.7 Å². The molecule has 44 heavy (non-hydrogen) atoms. The van der Waals surface area contributed by atoms with Crippen LogP contribution < -0.4 is 20.7 Å². The normalized spacial score (nSPS) is 20.6. The largest absolute Gasteiger partial charge is 0.495 e. The number of benzene rings is 2. The number of anilines is 2. The number of ether oxygens (including phenoxy) is 2. The van der Waals surface area contributed by atoms with Crippen LogP contribution in [0.2, 0.25) is 0 Å². The van der Waals surface area contributed by atoms with E-state index in [4.69, 9.17) is 9.47 Å². The molecule has 236 valence electrons. The molecule has 3 N–H and O–H groups in total. The van der Waals surface area contributed by atoms with E-state index in [2.05, 4.69) is 32.7 Å². The minimum atomic E-state index is -4.40. The highest BCUT2D eigenvalue weighted by atomic mass is 19.4. The number of nitrogens with one attached hydrogen (secondary N) is 3. The van der Waals surface area contributed by atoms with Crippen LogP contribution in [0.1, 0.15) is 48.2 Å². The lowest BCUT2D eigenvalue weighted by molar-refractivity contribution is -0.140. The molecule has 0 bridgehead atoms. The van der Waals surface area contributed by atoms with Crippen molar-refractivity contribution in [3.63, 3.8) is 0 Å². The third kappa shape index (κ3) is 7.42. The van der Waals surface area contributed by atoms with Crippen LogP contribution in [-0.4, -0.2) is 80.6 Å². The maximum absolute atomic E-state index is 13.7. The van der Waals surface area contributed by atoms with Gasteiger partial charge in [0.25, 0.3) is 5.91 Å². The number of likely N-dealkylation sites (tertiary alicyclic amines) is 1. The molecule has 1 aliphatic heterocycles. The molecule has 1 atom stereocenters. The Morgan fingerprint density at radius 2 is 1.84 bits per heavy atom. The second-order valence-corrected chi connectivity index (χ2v) is 11.4. The average molecular weight is 612 g/mol. The van der Waals surface area contributed by atoms with Crippen LogP contribution in [0.25, 0.3) is 10.9 Å². The minimum Gasteiger partial charge on any atom is -0.495 e. The summed E-state index contributed by atoms with van der Waals surface area (Å²) in [5.74, 6) is 6.13. The zero-order valence-electron chi connectivity index (χ0n) is 25.4. The maximum Gasteiger partial charge on any atom is 0.406 e. The van der Waals surface area contributed by atoms with Crippen molar-refractivity contribution in [2.45, 2.75) is 63.0 Å². The molecule has 2 fully saturated rings. The maximum atomic E-state index is 13.7. The van der Waals surface area contributed by atoms with Crippen LogP contribution >= 0.6 is 0 Å². The zero-order valence-corrected chi connectivity index (χ0v) is 25.4. The molecule has 2 aliphatic rings. The van der Waals surface area contributed by atoms with Gasteiger partial charge in [-0.3, -0.25) is 9.69 Å². The SMILES string of the molecule is CNC(=O)c1ccc(NCC#Cc2cc3c(N[C@H]4CC[C@H](N5CCC(OC)C5)CC4)cccc3n2CC(F)(F)F)c(OC)c1. The molecule has 5 rings (SSSR count). The van der Waals surface area contributed by atoms with E-state index in [1.807, 2.05) is 6.07 Å². The highest BCUT2D eigenvalue weighted by Gasteiger charge is 2.32. The number of hydrogen-bond acceptors (Lipinski definition) is 6. The fourth-order valence-corrected chi connectivity index (χ4v) is 6.34. The van der Waals surface area contributed by atoms with Crippen LogP contribution in [-0.2, 0) is 11.3 Å². The third-order valence-electron chi connectivity index (χ3n) is 8.64. The number of carbonyl (C=O) groups excluding carboxylic acids is 1. The molecular weight excluding hydrogens is 571 g/mol. The summed E-state index contributed by atoms with van der Waals surface area (Å²) in [6.45, 7) is 1.10. The van der Waals surface area contributed by atoms with Crippen molar-refractivity contribution < 1.29 is 27.4 Å². The third-order valence-corrected chi connectivity index (χ3v) is 8.64. The fraction of sp³-hybridized carbons (Fsp3) is 0.485. The van der Waals surface area contributed by atoms with E-state index in [0.29, 0.717) is 40.4 Å². The van der Waals surface area contributed by atoms with Crippen LogP contribution in [0.4, 0.5) is 24.5 Å². The Kier molecular flexibility index (Phi) is 9.91. The van der Waals surface area contributed by atoms with Gasteiger partial charge in [-0.2, -0.15) is 13.2 Å². The van der Waals surface area contributed by atoms with Crippen LogP contribution in [0, 0.1) is 11.8 Å². The minimum absolute atomic E-state index is 0.166. The smallest absolute Gasteiger partial charge is 0.406 e. The first-order chi connectivity index (χ1) is 21.2. The number of amides is 1. The molecule has 1 aliphatic carbocycles. The highest BCUT2D eigenvalue weighted by molar-refractivity contribution is 5.95. The van der Waals surface area contributed by atoms with Gasteiger partial charge in [0, 0.05) is 56.0 Å². The first kappa shape index (κ1) is 31.5. The summed E-state index contributed by atoms with van der Waals surface area (Å²) in [5.41, 5.74) is 2.68. The van der Waals surface area contributed by atoms with Gasteiger partial charge in [0.05, 0.1) is 36.7 Å². The molecular formula is C33H40F3N5O3. The number of carbonyl (C=O) groups is 1. The Morgan fingerprint density at radius 3 is 2.52 bits per heavy atom. The van der Waals surface area contributed by atoms with Crippen molar-refractivity contribution in [3.8, 4) is 17.6 Å². The summed E-state index contributed by atoms with van der Waals surface area (Å²) >= 11 is 0. The number of halogens is 3. The number of hydrogen-bond donors (Lipinski definition) is 3. The molecule has 0 spiro atoms. The molecule has 1 saturated carbocycles. The summed E-state index contributed by atoms with van der Waals surface area (Å²) < 4.78 is 53.2. The van der Waals surface area contributed by atoms with Gasteiger partial charge in [-0.05, 0) is 74.4 Å². The number of nitrogens with zero attached hydrogens (tertiary/aromatic N) is 2. The van der Waals surface area contributed by atoms with E-state index >= 15 is 0 Å². The fourth-order valence-electron chi connectivity index (χ4n) is 6.34. The molecule has 2 aromatic carbocycles. The number of fused-ring (bicyclic) bond motifs is 1. The van der Waals surface area contributed by atoms with Gasteiger partial charge < -0.3 is 30.0 Å². The first-order valence-corrected chi connectivity index (χ1v) is 15.0. The van der Waals surface area contributed by atoms with Gasteiger partial charge in [-0.25, -0.2) is 0 Å². The van der Waals surface area contributed by atoms with Crippen LogP contribution in [0.5, 0.6) is 5.75 Å². The van der Waals surface area contributed by atoms with Gasteiger partial charge in [0.15, 0.2) is 0 Å². The zero-order chi connectivity index (χ0) is 31.3. The lowest BCUT2D eigenvalue weighted by Crippen LogP contribution is -2.39. The van der Waals surface area contributed by atoms with Gasteiger partial charge in [-0.1, -0.05) is 12.0 Å². The molecule has 1 saturated heterocycles. The van der Waals surface area contributed by atoms with Gasteiger partial charge in [0.2, 0.25) is 0 Å². The molecule has 1 amide bonds. The van der Waals surface area contributed by atoms with E-state index in [1.165, 1.54) is 11.7 Å². The lowest BCUT2D eigenvalue weighted by Gasteiger charge is -2.35. The predicted molar refractivity (Wildman–Crippen MR) is 166 cm³/mol. The van der Waals surface area contributed by atoms with E-state index in [0.717, 1.165) is 56.3 Å². The van der Waals surface area contributed by atoms with E-state index in [-0.39, 0.29) is 18.5 Å². The molecule has 3 aromatic rings. The van der Waals surface area contributed by atoms with Crippen LogP contribution in [0.15, 0.2) is 42.5 Å². The number of methoxy groups -OCH3 is 2. The van der Waals surface area contributed by atoms with E-state index in [9.17, 15) is 18.0 Å². The Morgan fingerprint density at radius 1 is 1.05 bits per heavy atom. The summed E-state index contributed by atoms with van der Waals surface area (Å²) in [7, 11) is 4.82. The van der Waals surface area contributed by atoms with E-state index < -0.39 is 12.7 Å². The molecule has 11 heteroatoms. The number of alkyl halides is 3. The molecule has 8 nitrogen and oxygen atoms in total. The lowest BCUT2D eigenvalue weighted by atomic mass is 9.90. The van der Waals surface area contributed by atoms with Crippen molar-refractivity contribution in [1.82, 2.24) is 14.8 Å². The Balaban J connectivity index is 1.30. The second kappa shape index (κ2) is 13.8. The van der Waals surface area contributed by atoms with Crippen molar-refractivity contribution in [1.29, 1.82) is 0 Å².